The smallest absolute Gasteiger partial charge is 0.239 e. The lowest BCUT2D eigenvalue weighted by Gasteiger charge is -2.17. The summed E-state index contributed by atoms with van der Waals surface area (Å²) in [5.74, 6) is 1.11. The van der Waals surface area contributed by atoms with E-state index in [9.17, 15) is 4.79 Å². The number of hydrogen-bond acceptors (Lipinski definition) is 4. The van der Waals surface area contributed by atoms with E-state index in [1.807, 2.05) is 71.2 Å². The summed E-state index contributed by atoms with van der Waals surface area (Å²) in [6.45, 7) is 0.837. The SMILES string of the molecule is CN(CC(=O)Nc1cc(C2CC2)nn1-c1ccccc1)Cc1cccc(C#N)c1. The van der Waals surface area contributed by atoms with Crippen molar-refractivity contribution >= 4 is 11.7 Å². The van der Waals surface area contributed by atoms with E-state index in [-0.39, 0.29) is 12.5 Å². The lowest BCUT2D eigenvalue weighted by atomic mass is 10.1. The van der Waals surface area contributed by atoms with Gasteiger partial charge in [-0.3, -0.25) is 9.69 Å². The minimum absolute atomic E-state index is 0.0941. The molecule has 1 saturated carbocycles. The van der Waals surface area contributed by atoms with Crippen molar-refractivity contribution in [3.63, 3.8) is 0 Å². The van der Waals surface area contributed by atoms with Crippen molar-refractivity contribution in [2.24, 2.45) is 0 Å². The maximum Gasteiger partial charge on any atom is 0.239 e. The second-order valence-corrected chi connectivity index (χ2v) is 7.51. The third kappa shape index (κ3) is 4.71. The number of nitrogens with one attached hydrogen (secondary N) is 1. The molecule has 1 heterocycles. The number of para-hydroxylation sites is 1. The highest BCUT2D eigenvalue weighted by atomic mass is 16.2. The van der Waals surface area contributed by atoms with Gasteiger partial charge in [0.25, 0.3) is 0 Å². The highest BCUT2D eigenvalue weighted by molar-refractivity contribution is 5.91. The number of carbonyl (C=O) groups is 1. The van der Waals surface area contributed by atoms with E-state index in [0.717, 1.165) is 29.8 Å². The second kappa shape index (κ2) is 8.29. The molecule has 6 nitrogen and oxygen atoms in total. The number of aromatic nitrogens is 2. The number of likely N-dealkylation sites (N-methyl/N-ethyl adjacent to an activating group) is 1. The first-order valence-electron chi connectivity index (χ1n) is 9.75. The quantitative estimate of drug-likeness (QED) is 0.673. The van der Waals surface area contributed by atoms with Crippen LogP contribution in [0.4, 0.5) is 5.82 Å². The van der Waals surface area contributed by atoms with Crippen LogP contribution in [0.1, 0.15) is 35.6 Å². The van der Waals surface area contributed by atoms with Gasteiger partial charge in [0.15, 0.2) is 0 Å². The van der Waals surface area contributed by atoms with Crippen LogP contribution in [-0.4, -0.2) is 34.2 Å². The molecule has 0 aliphatic heterocycles. The molecule has 1 amide bonds. The Morgan fingerprint density at radius 1 is 1.21 bits per heavy atom. The fourth-order valence-corrected chi connectivity index (χ4v) is 3.37. The summed E-state index contributed by atoms with van der Waals surface area (Å²) in [4.78, 5) is 14.6. The summed E-state index contributed by atoms with van der Waals surface area (Å²) < 4.78 is 1.81. The van der Waals surface area contributed by atoms with Crippen molar-refractivity contribution in [2.75, 3.05) is 18.9 Å². The summed E-state index contributed by atoms with van der Waals surface area (Å²) in [5.41, 5.74) is 3.59. The summed E-state index contributed by atoms with van der Waals surface area (Å²) >= 11 is 0. The van der Waals surface area contributed by atoms with Gasteiger partial charge in [0, 0.05) is 18.5 Å². The molecule has 1 N–H and O–H groups in total. The van der Waals surface area contributed by atoms with E-state index in [4.69, 9.17) is 10.4 Å². The number of amides is 1. The van der Waals surface area contributed by atoms with Gasteiger partial charge in [-0.2, -0.15) is 10.4 Å². The van der Waals surface area contributed by atoms with Gasteiger partial charge in [0.1, 0.15) is 5.82 Å². The van der Waals surface area contributed by atoms with Gasteiger partial charge in [-0.05, 0) is 49.7 Å². The average Bonchev–Trinajstić information content (AvgIpc) is 3.49. The molecular weight excluding hydrogens is 362 g/mol. The van der Waals surface area contributed by atoms with Crippen molar-refractivity contribution in [1.29, 1.82) is 5.26 Å². The van der Waals surface area contributed by atoms with E-state index in [0.29, 0.717) is 23.8 Å². The van der Waals surface area contributed by atoms with Crippen LogP contribution in [0.5, 0.6) is 0 Å². The monoisotopic (exact) mass is 385 g/mol. The molecule has 29 heavy (non-hydrogen) atoms. The molecule has 0 radical (unpaired) electrons. The topological polar surface area (TPSA) is 74.0 Å². The lowest BCUT2D eigenvalue weighted by Crippen LogP contribution is -2.30. The minimum atomic E-state index is -0.0941. The van der Waals surface area contributed by atoms with E-state index < -0.39 is 0 Å². The highest BCUT2D eigenvalue weighted by Gasteiger charge is 2.28. The van der Waals surface area contributed by atoms with Crippen LogP contribution in [-0.2, 0) is 11.3 Å². The number of rotatable bonds is 7. The first-order valence-corrected chi connectivity index (χ1v) is 9.75. The van der Waals surface area contributed by atoms with E-state index in [1.54, 1.807) is 6.07 Å². The Balaban J connectivity index is 1.44. The molecule has 0 spiro atoms. The van der Waals surface area contributed by atoms with Crippen LogP contribution < -0.4 is 5.32 Å². The van der Waals surface area contributed by atoms with Crippen molar-refractivity contribution < 1.29 is 4.79 Å². The van der Waals surface area contributed by atoms with Gasteiger partial charge in [-0.25, -0.2) is 4.68 Å². The Bertz CT molecular complexity index is 1050. The summed E-state index contributed by atoms with van der Waals surface area (Å²) in [7, 11) is 1.89. The zero-order valence-electron chi connectivity index (χ0n) is 16.4. The Hall–Kier alpha value is -3.43. The molecule has 6 heteroatoms. The summed E-state index contributed by atoms with van der Waals surface area (Å²) in [6, 6.07) is 21.4. The number of benzene rings is 2. The number of nitriles is 1. The molecule has 0 saturated heterocycles. The third-order valence-corrected chi connectivity index (χ3v) is 4.91. The van der Waals surface area contributed by atoms with Gasteiger partial charge in [-0.15, -0.1) is 0 Å². The normalized spacial score (nSPS) is 13.3. The fraction of sp³-hybridized carbons (Fsp3) is 0.261. The molecule has 1 fully saturated rings. The average molecular weight is 385 g/mol. The van der Waals surface area contributed by atoms with E-state index in [1.165, 1.54) is 0 Å². The predicted molar refractivity (Wildman–Crippen MR) is 112 cm³/mol. The molecule has 2 aromatic carbocycles. The highest BCUT2D eigenvalue weighted by Crippen LogP contribution is 2.40. The first kappa shape index (κ1) is 18.9. The zero-order chi connectivity index (χ0) is 20.2. The summed E-state index contributed by atoms with van der Waals surface area (Å²) in [5, 5.41) is 16.8. The van der Waals surface area contributed by atoms with Crippen LogP contribution in [0, 0.1) is 11.3 Å². The Kier molecular flexibility index (Phi) is 5.41. The molecule has 146 valence electrons. The molecule has 0 unspecified atom stereocenters. The Morgan fingerprint density at radius 3 is 2.72 bits per heavy atom. The molecule has 4 rings (SSSR count). The molecule has 0 bridgehead atoms. The van der Waals surface area contributed by atoms with Crippen LogP contribution >= 0.6 is 0 Å². The van der Waals surface area contributed by atoms with Gasteiger partial charge in [-0.1, -0.05) is 30.3 Å². The molecule has 1 aliphatic carbocycles. The maximum atomic E-state index is 12.7. The Morgan fingerprint density at radius 2 is 2.00 bits per heavy atom. The van der Waals surface area contributed by atoms with Crippen LogP contribution in [0.2, 0.25) is 0 Å². The van der Waals surface area contributed by atoms with Crippen molar-refractivity contribution in [2.45, 2.75) is 25.3 Å². The lowest BCUT2D eigenvalue weighted by molar-refractivity contribution is -0.117. The standard InChI is InChI=1S/C23H23N5O/c1-27(15-18-7-5-6-17(12-18)14-24)16-23(29)25-22-13-21(19-10-11-19)26-28(22)20-8-3-2-4-9-20/h2-9,12-13,19H,10-11,15-16H2,1H3,(H,25,29). The number of carbonyl (C=O) groups excluding carboxylic acids is 1. The predicted octanol–water partition coefficient (Wildman–Crippen LogP) is 3.69. The fourth-order valence-electron chi connectivity index (χ4n) is 3.37. The number of hydrogen-bond donors (Lipinski definition) is 1. The van der Waals surface area contributed by atoms with Crippen LogP contribution in [0.15, 0.2) is 60.7 Å². The molecule has 1 aliphatic rings. The Labute approximate surface area is 170 Å². The van der Waals surface area contributed by atoms with Gasteiger partial charge >= 0.3 is 0 Å². The molecule has 0 atom stereocenters. The summed E-state index contributed by atoms with van der Waals surface area (Å²) in [6.07, 6.45) is 2.31. The van der Waals surface area contributed by atoms with Crippen LogP contribution in [0.3, 0.4) is 0 Å². The maximum absolute atomic E-state index is 12.7. The van der Waals surface area contributed by atoms with E-state index >= 15 is 0 Å². The van der Waals surface area contributed by atoms with Crippen molar-refractivity contribution in [1.82, 2.24) is 14.7 Å². The van der Waals surface area contributed by atoms with E-state index in [2.05, 4.69) is 11.4 Å². The van der Waals surface area contributed by atoms with Gasteiger partial charge in [0.2, 0.25) is 5.91 Å². The molecule has 1 aromatic heterocycles. The van der Waals surface area contributed by atoms with Crippen molar-refractivity contribution in [3.8, 4) is 11.8 Å². The largest absolute Gasteiger partial charge is 0.309 e. The van der Waals surface area contributed by atoms with Crippen molar-refractivity contribution in [3.05, 3.63) is 77.5 Å². The van der Waals surface area contributed by atoms with Crippen LogP contribution in [0.25, 0.3) is 5.69 Å². The molecular formula is C23H23N5O. The van der Waals surface area contributed by atoms with Gasteiger partial charge in [0.05, 0.1) is 29.6 Å². The zero-order valence-corrected chi connectivity index (χ0v) is 16.4. The molecule has 3 aromatic rings. The number of anilines is 1. The minimum Gasteiger partial charge on any atom is -0.309 e. The number of nitrogens with zero attached hydrogens (tertiary/aromatic N) is 4. The third-order valence-electron chi connectivity index (χ3n) is 4.91. The first-order chi connectivity index (χ1) is 14.1. The van der Waals surface area contributed by atoms with Gasteiger partial charge < -0.3 is 5.32 Å². The second-order valence-electron chi connectivity index (χ2n) is 7.51.